The number of thioether (sulfide) groups is 1. The van der Waals surface area contributed by atoms with Crippen LogP contribution < -0.4 is 11.0 Å². The topological polar surface area (TPSA) is 115 Å². The minimum Gasteiger partial charge on any atom is -0.324 e. The van der Waals surface area contributed by atoms with Gasteiger partial charge in [-0.15, -0.1) is 22.0 Å². The van der Waals surface area contributed by atoms with Crippen LogP contribution in [0.3, 0.4) is 0 Å². The van der Waals surface area contributed by atoms with Crippen LogP contribution in [0.4, 0.5) is 5.69 Å². The molecular weight excluding hydrogens is 438 g/mol. The molecule has 2 heterocycles. The fourth-order valence-electron chi connectivity index (χ4n) is 2.90. The van der Waals surface area contributed by atoms with Crippen molar-refractivity contribution in [3.8, 4) is 0 Å². The number of hydrogen-bond donors (Lipinski definition) is 1. The van der Waals surface area contributed by atoms with Crippen molar-refractivity contribution < 1.29 is 13.2 Å². The summed E-state index contributed by atoms with van der Waals surface area (Å²) in [5, 5.41) is 10.5. The maximum Gasteiger partial charge on any atom is 0.367 e. The zero-order chi connectivity index (χ0) is 22.0. The van der Waals surface area contributed by atoms with Gasteiger partial charge in [0.1, 0.15) is 6.54 Å². The van der Waals surface area contributed by atoms with E-state index in [1.54, 1.807) is 36.0 Å². The van der Waals surface area contributed by atoms with Crippen LogP contribution in [0.1, 0.15) is 0 Å². The van der Waals surface area contributed by atoms with Crippen LogP contribution >= 0.6 is 11.8 Å². The number of anilines is 1. The van der Waals surface area contributed by atoms with Gasteiger partial charge in [-0.25, -0.2) is 17.9 Å². The molecule has 0 aliphatic carbocycles. The molecule has 0 radical (unpaired) electrons. The number of sulfone groups is 1. The zero-order valence-electron chi connectivity index (χ0n) is 16.3. The molecule has 0 saturated heterocycles. The molecule has 1 amide bonds. The highest BCUT2D eigenvalue weighted by Gasteiger charge is 2.21. The van der Waals surface area contributed by atoms with Crippen molar-refractivity contribution in [2.75, 3.05) is 11.6 Å². The molecule has 0 aliphatic heterocycles. The molecule has 0 atom stereocenters. The van der Waals surface area contributed by atoms with Crippen molar-refractivity contribution in [2.45, 2.75) is 21.4 Å². The maximum absolute atomic E-state index is 12.8. The van der Waals surface area contributed by atoms with Crippen molar-refractivity contribution in [3.63, 3.8) is 0 Å². The molecule has 11 heteroatoms. The minimum absolute atomic E-state index is 0.0640. The Balaban J connectivity index is 1.61. The van der Waals surface area contributed by atoms with E-state index in [1.165, 1.54) is 24.3 Å². The van der Waals surface area contributed by atoms with Gasteiger partial charge in [0.2, 0.25) is 15.7 Å². The molecule has 0 fully saturated rings. The molecule has 0 bridgehead atoms. The fourth-order valence-corrected chi connectivity index (χ4v) is 4.55. The van der Waals surface area contributed by atoms with Gasteiger partial charge in [0.25, 0.3) is 0 Å². The van der Waals surface area contributed by atoms with Crippen LogP contribution in [0.2, 0.25) is 0 Å². The normalized spacial score (nSPS) is 11.5. The first-order valence-electron chi connectivity index (χ1n) is 9.09. The summed E-state index contributed by atoms with van der Waals surface area (Å²) in [5.41, 5.74) is 0.0188. The van der Waals surface area contributed by atoms with E-state index in [1.807, 2.05) is 24.5 Å². The van der Waals surface area contributed by atoms with Gasteiger partial charge in [-0.1, -0.05) is 24.3 Å². The Morgan fingerprint density at radius 3 is 2.55 bits per heavy atom. The van der Waals surface area contributed by atoms with Crippen LogP contribution in [-0.4, -0.2) is 40.0 Å². The van der Waals surface area contributed by atoms with Crippen LogP contribution in [0.5, 0.6) is 0 Å². The lowest BCUT2D eigenvalue weighted by Gasteiger charge is -2.05. The molecule has 0 unspecified atom stereocenters. The van der Waals surface area contributed by atoms with Crippen molar-refractivity contribution in [3.05, 3.63) is 77.2 Å². The summed E-state index contributed by atoms with van der Waals surface area (Å²) in [4.78, 5) is 26.1. The number of nitrogens with one attached hydrogen (secondary N) is 1. The predicted molar refractivity (Wildman–Crippen MR) is 116 cm³/mol. The quantitative estimate of drug-likeness (QED) is 0.443. The molecule has 4 aromatic rings. The summed E-state index contributed by atoms with van der Waals surface area (Å²) in [6, 6.07) is 17.7. The first-order valence-corrected chi connectivity index (χ1v) is 11.8. The summed E-state index contributed by atoms with van der Waals surface area (Å²) in [6.45, 7) is -0.341. The van der Waals surface area contributed by atoms with E-state index in [-0.39, 0.29) is 22.1 Å². The predicted octanol–water partition coefficient (Wildman–Crippen LogP) is 2.08. The number of hydrogen-bond acceptors (Lipinski definition) is 7. The molecule has 1 N–H and O–H groups in total. The number of fused-ring (bicyclic) bond motifs is 1. The summed E-state index contributed by atoms with van der Waals surface area (Å²) in [6.07, 6.45) is 1.93. The summed E-state index contributed by atoms with van der Waals surface area (Å²) >= 11 is 1.54. The maximum atomic E-state index is 12.8. The minimum atomic E-state index is -3.90. The summed E-state index contributed by atoms with van der Waals surface area (Å²) in [7, 11) is -3.90. The molecule has 0 saturated carbocycles. The summed E-state index contributed by atoms with van der Waals surface area (Å²) < 4.78 is 27.3. The molecule has 2 aromatic heterocycles. The molecule has 9 nitrogen and oxygen atoms in total. The third kappa shape index (κ3) is 4.23. The lowest BCUT2D eigenvalue weighted by atomic mass is 10.3. The molecule has 31 heavy (non-hydrogen) atoms. The lowest BCUT2D eigenvalue weighted by molar-refractivity contribution is -0.117. The Hall–Kier alpha value is -3.44. The van der Waals surface area contributed by atoms with E-state index < -0.39 is 21.4 Å². The van der Waals surface area contributed by atoms with E-state index in [2.05, 4.69) is 15.5 Å². The van der Waals surface area contributed by atoms with Crippen molar-refractivity contribution in [2.24, 2.45) is 0 Å². The highest BCUT2D eigenvalue weighted by molar-refractivity contribution is 7.98. The second-order valence-electron chi connectivity index (χ2n) is 6.48. The molecule has 4 rings (SSSR count). The van der Waals surface area contributed by atoms with E-state index >= 15 is 0 Å². The standard InChI is InChI=1S/C20H17N5O4S2/c1-30-15-7-5-6-14(12-15)21-18(26)13-24-20(27)25-17(22-24)10-11-19(23-25)31(28,29)16-8-3-2-4-9-16/h2-12H,13H2,1H3,(H,21,26). The highest BCUT2D eigenvalue weighted by Crippen LogP contribution is 2.19. The number of rotatable bonds is 6. The van der Waals surface area contributed by atoms with Gasteiger partial charge in [-0.2, -0.15) is 4.52 Å². The third-order valence-electron chi connectivity index (χ3n) is 4.39. The van der Waals surface area contributed by atoms with Gasteiger partial charge in [0, 0.05) is 10.6 Å². The first-order chi connectivity index (χ1) is 14.9. The number of carbonyl (C=O) groups is 1. The SMILES string of the molecule is CSc1cccc(NC(=O)Cn2nc3ccc(S(=O)(=O)c4ccccc4)nn3c2=O)c1. The number of amides is 1. The molecule has 0 spiro atoms. The average Bonchev–Trinajstić information content (AvgIpc) is 3.09. The first kappa shape index (κ1) is 20.8. The Morgan fingerprint density at radius 1 is 1.03 bits per heavy atom. The number of aromatic nitrogens is 4. The van der Waals surface area contributed by atoms with Crippen LogP contribution in [0, 0.1) is 0 Å². The Bertz CT molecular complexity index is 1430. The van der Waals surface area contributed by atoms with Gasteiger partial charge in [0.05, 0.1) is 4.90 Å². The largest absolute Gasteiger partial charge is 0.367 e. The molecule has 2 aromatic carbocycles. The third-order valence-corrected chi connectivity index (χ3v) is 6.78. The zero-order valence-corrected chi connectivity index (χ0v) is 17.9. The van der Waals surface area contributed by atoms with Crippen molar-refractivity contribution in [1.82, 2.24) is 19.4 Å². The Labute approximate surface area is 181 Å². The number of carbonyl (C=O) groups excluding carboxylic acids is 1. The molecular formula is C20H17N5O4S2. The van der Waals surface area contributed by atoms with Gasteiger partial charge < -0.3 is 5.32 Å². The second-order valence-corrected chi connectivity index (χ2v) is 9.25. The van der Waals surface area contributed by atoms with Crippen molar-refractivity contribution >= 4 is 38.8 Å². The highest BCUT2D eigenvalue weighted by atomic mass is 32.2. The van der Waals surface area contributed by atoms with E-state index in [4.69, 9.17) is 0 Å². The van der Waals surface area contributed by atoms with Gasteiger partial charge in [-0.05, 0) is 48.7 Å². The summed E-state index contributed by atoms with van der Waals surface area (Å²) in [5.74, 6) is -0.444. The van der Waals surface area contributed by atoms with E-state index in [9.17, 15) is 18.0 Å². The number of nitrogens with zero attached hydrogens (tertiary/aromatic N) is 4. The van der Waals surface area contributed by atoms with Crippen LogP contribution in [0.25, 0.3) is 5.65 Å². The monoisotopic (exact) mass is 455 g/mol. The van der Waals surface area contributed by atoms with Crippen molar-refractivity contribution in [1.29, 1.82) is 0 Å². The van der Waals surface area contributed by atoms with Crippen LogP contribution in [-0.2, 0) is 21.2 Å². The smallest absolute Gasteiger partial charge is 0.324 e. The Morgan fingerprint density at radius 2 is 1.81 bits per heavy atom. The van der Waals surface area contributed by atoms with Gasteiger partial charge in [0.15, 0.2) is 10.7 Å². The molecule has 158 valence electrons. The molecule has 0 aliphatic rings. The average molecular weight is 456 g/mol. The van der Waals surface area contributed by atoms with Crippen LogP contribution in [0.15, 0.2) is 86.3 Å². The van der Waals surface area contributed by atoms with Gasteiger partial charge in [-0.3, -0.25) is 4.79 Å². The lowest BCUT2D eigenvalue weighted by Crippen LogP contribution is -2.29. The van der Waals surface area contributed by atoms with Gasteiger partial charge >= 0.3 is 5.69 Å². The Kier molecular flexibility index (Phi) is 5.61. The number of benzene rings is 2. The second kappa shape index (κ2) is 8.36. The van der Waals surface area contributed by atoms with E-state index in [0.29, 0.717) is 5.69 Å². The van der Waals surface area contributed by atoms with E-state index in [0.717, 1.165) is 14.1 Å². The fraction of sp³-hybridized carbons (Fsp3) is 0.100.